The fourth-order valence-electron chi connectivity index (χ4n) is 1.98. The van der Waals surface area contributed by atoms with Crippen molar-refractivity contribution in [1.29, 1.82) is 0 Å². The summed E-state index contributed by atoms with van der Waals surface area (Å²) in [6.45, 7) is 0.0140. The van der Waals surface area contributed by atoms with Crippen molar-refractivity contribution in [2.45, 2.75) is 10.6 Å². The van der Waals surface area contributed by atoms with Crippen molar-refractivity contribution in [3.63, 3.8) is 0 Å². The maximum absolute atomic E-state index is 12.2. The first-order chi connectivity index (χ1) is 9.75. The van der Waals surface area contributed by atoms with Gasteiger partial charge in [-0.15, -0.1) is 11.3 Å². The standard InChI is InChI=1S/C10H14N2O6S3/c1-18-9(13)8-10(19-6-11-8)21(16,17)12-4-7-2-3-20(14,15)5-7/h6-7,12H,2-5H2,1H3. The van der Waals surface area contributed by atoms with Crippen molar-refractivity contribution in [3.05, 3.63) is 11.2 Å². The highest BCUT2D eigenvalue weighted by atomic mass is 32.2. The molecule has 11 heteroatoms. The third-order valence-corrected chi connectivity index (χ3v) is 7.68. The number of rotatable bonds is 5. The monoisotopic (exact) mass is 354 g/mol. The fourth-order valence-corrected chi connectivity index (χ4v) is 6.14. The van der Waals surface area contributed by atoms with Crippen LogP contribution >= 0.6 is 11.3 Å². The lowest BCUT2D eigenvalue weighted by atomic mass is 10.1. The SMILES string of the molecule is COC(=O)c1ncsc1S(=O)(=O)NCC1CCS(=O)(=O)C1. The summed E-state index contributed by atoms with van der Waals surface area (Å²) in [7, 11) is -5.84. The van der Waals surface area contributed by atoms with Gasteiger partial charge in [-0.05, 0) is 12.3 Å². The number of nitrogens with one attached hydrogen (secondary N) is 1. The van der Waals surface area contributed by atoms with E-state index in [-0.39, 0.29) is 33.9 Å². The summed E-state index contributed by atoms with van der Waals surface area (Å²) < 4.78 is 53.5. The number of hydrogen-bond donors (Lipinski definition) is 1. The van der Waals surface area contributed by atoms with Gasteiger partial charge in [0.2, 0.25) is 0 Å². The summed E-state index contributed by atoms with van der Waals surface area (Å²) in [6, 6.07) is 0. The summed E-state index contributed by atoms with van der Waals surface area (Å²) in [5.74, 6) is -1.03. The number of carbonyl (C=O) groups is 1. The predicted octanol–water partition coefficient (Wildman–Crippen LogP) is -0.357. The zero-order chi connectivity index (χ0) is 15.7. The molecule has 1 aromatic heterocycles. The van der Waals surface area contributed by atoms with E-state index >= 15 is 0 Å². The molecule has 2 rings (SSSR count). The zero-order valence-corrected chi connectivity index (χ0v) is 13.6. The number of carbonyl (C=O) groups excluding carboxylic acids is 1. The molecule has 21 heavy (non-hydrogen) atoms. The molecule has 1 unspecified atom stereocenters. The first-order valence-electron chi connectivity index (χ1n) is 5.97. The van der Waals surface area contributed by atoms with Gasteiger partial charge in [0, 0.05) is 6.54 Å². The maximum Gasteiger partial charge on any atom is 0.358 e. The Hall–Kier alpha value is -1.04. The Morgan fingerprint density at radius 1 is 1.57 bits per heavy atom. The number of esters is 1. The average Bonchev–Trinajstić information content (AvgIpc) is 3.02. The van der Waals surface area contributed by atoms with E-state index in [1.54, 1.807) is 0 Å². The lowest BCUT2D eigenvalue weighted by Gasteiger charge is -2.09. The van der Waals surface area contributed by atoms with E-state index < -0.39 is 25.8 Å². The minimum absolute atomic E-state index is 0.0140. The quantitative estimate of drug-likeness (QED) is 0.717. The topological polar surface area (TPSA) is 120 Å². The van der Waals surface area contributed by atoms with Gasteiger partial charge >= 0.3 is 5.97 Å². The van der Waals surface area contributed by atoms with Crippen LogP contribution in [0.15, 0.2) is 9.72 Å². The number of ether oxygens (including phenoxy) is 1. The van der Waals surface area contributed by atoms with Gasteiger partial charge in [-0.25, -0.2) is 31.3 Å². The summed E-state index contributed by atoms with van der Waals surface area (Å²) in [5, 5.41) is 0. The number of nitrogens with zero attached hydrogens (tertiary/aromatic N) is 1. The summed E-state index contributed by atoms with van der Waals surface area (Å²) in [5.41, 5.74) is 0.968. The summed E-state index contributed by atoms with van der Waals surface area (Å²) in [6.07, 6.45) is 0.428. The van der Waals surface area contributed by atoms with E-state index in [9.17, 15) is 21.6 Å². The normalized spacial score (nSPS) is 21.3. The minimum atomic E-state index is -3.92. The third-order valence-electron chi connectivity index (χ3n) is 3.05. The van der Waals surface area contributed by atoms with Crippen molar-refractivity contribution in [3.8, 4) is 0 Å². The van der Waals surface area contributed by atoms with Gasteiger partial charge in [0.05, 0.1) is 24.1 Å². The molecule has 0 amide bonds. The van der Waals surface area contributed by atoms with Crippen LogP contribution < -0.4 is 4.72 Å². The van der Waals surface area contributed by atoms with Crippen LogP contribution in [0.25, 0.3) is 0 Å². The van der Waals surface area contributed by atoms with E-state index in [2.05, 4.69) is 14.4 Å². The zero-order valence-electron chi connectivity index (χ0n) is 11.1. The molecule has 0 saturated carbocycles. The van der Waals surface area contributed by atoms with E-state index in [0.717, 1.165) is 18.4 Å². The van der Waals surface area contributed by atoms with E-state index in [0.29, 0.717) is 6.42 Å². The van der Waals surface area contributed by atoms with Crippen LogP contribution in [-0.4, -0.2) is 52.9 Å². The highest BCUT2D eigenvalue weighted by Crippen LogP contribution is 2.22. The Morgan fingerprint density at radius 3 is 2.86 bits per heavy atom. The van der Waals surface area contributed by atoms with Crippen molar-refractivity contribution in [2.24, 2.45) is 5.92 Å². The molecule has 0 radical (unpaired) electrons. The van der Waals surface area contributed by atoms with Crippen LogP contribution in [0.3, 0.4) is 0 Å². The second-order valence-corrected chi connectivity index (χ2v) is 9.65. The van der Waals surface area contributed by atoms with Gasteiger partial charge in [0.1, 0.15) is 0 Å². The smallest absolute Gasteiger partial charge is 0.358 e. The molecule has 8 nitrogen and oxygen atoms in total. The Balaban J connectivity index is 2.09. The number of sulfonamides is 1. The minimum Gasteiger partial charge on any atom is -0.464 e. The molecule has 1 aliphatic rings. The van der Waals surface area contributed by atoms with Crippen molar-refractivity contribution in [2.75, 3.05) is 25.2 Å². The predicted molar refractivity (Wildman–Crippen MR) is 75.4 cm³/mol. The Labute approximate surface area is 126 Å². The van der Waals surface area contributed by atoms with Gasteiger partial charge in [-0.2, -0.15) is 0 Å². The number of aromatic nitrogens is 1. The van der Waals surface area contributed by atoms with Gasteiger partial charge in [0.25, 0.3) is 10.0 Å². The molecule has 118 valence electrons. The second kappa shape index (κ2) is 5.99. The summed E-state index contributed by atoms with van der Waals surface area (Å²) >= 11 is 0.802. The van der Waals surface area contributed by atoms with Crippen LogP contribution in [-0.2, 0) is 24.6 Å². The van der Waals surface area contributed by atoms with Crippen molar-refractivity contribution < 1.29 is 26.4 Å². The number of thiazole rings is 1. The Morgan fingerprint density at radius 2 is 2.29 bits per heavy atom. The van der Waals surface area contributed by atoms with Crippen molar-refractivity contribution in [1.82, 2.24) is 9.71 Å². The Bertz CT molecular complexity index is 737. The van der Waals surface area contributed by atoms with Crippen LogP contribution in [0.5, 0.6) is 0 Å². The van der Waals surface area contributed by atoms with Crippen molar-refractivity contribution >= 4 is 37.2 Å². The molecule has 0 aromatic carbocycles. The van der Waals surface area contributed by atoms with Gasteiger partial charge in [-0.1, -0.05) is 0 Å². The third kappa shape index (κ3) is 3.78. The van der Waals surface area contributed by atoms with Crippen LogP contribution in [0.2, 0.25) is 0 Å². The molecule has 1 fully saturated rings. The molecule has 1 saturated heterocycles. The van der Waals surface area contributed by atoms with E-state index in [1.807, 2.05) is 0 Å². The molecule has 0 aliphatic carbocycles. The first-order valence-corrected chi connectivity index (χ1v) is 10.2. The maximum atomic E-state index is 12.2. The summed E-state index contributed by atoms with van der Waals surface area (Å²) in [4.78, 5) is 15.1. The lowest BCUT2D eigenvalue weighted by molar-refractivity contribution is 0.0590. The molecule has 0 bridgehead atoms. The highest BCUT2D eigenvalue weighted by molar-refractivity contribution is 7.92. The molecule has 1 aromatic rings. The van der Waals surface area contributed by atoms with Gasteiger partial charge in [-0.3, -0.25) is 0 Å². The average molecular weight is 354 g/mol. The fraction of sp³-hybridized carbons (Fsp3) is 0.600. The number of methoxy groups -OCH3 is 1. The van der Waals surface area contributed by atoms with Gasteiger partial charge < -0.3 is 4.74 Å². The Kier molecular flexibility index (Phi) is 4.66. The second-order valence-electron chi connectivity index (χ2n) is 4.60. The lowest BCUT2D eigenvalue weighted by Crippen LogP contribution is -2.30. The molecule has 1 atom stereocenters. The van der Waals surface area contributed by atoms with E-state index in [1.165, 1.54) is 5.51 Å². The van der Waals surface area contributed by atoms with Crippen LogP contribution in [0, 0.1) is 5.92 Å². The van der Waals surface area contributed by atoms with Crippen LogP contribution in [0.1, 0.15) is 16.9 Å². The largest absolute Gasteiger partial charge is 0.464 e. The highest BCUT2D eigenvalue weighted by Gasteiger charge is 2.31. The number of hydrogen-bond acceptors (Lipinski definition) is 8. The van der Waals surface area contributed by atoms with E-state index in [4.69, 9.17) is 0 Å². The molecule has 1 aliphatic heterocycles. The molecule has 2 heterocycles. The first kappa shape index (κ1) is 16.3. The molecular weight excluding hydrogens is 340 g/mol. The van der Waals surface area contributed by atoms with Crippen LogP contribution in [0.4, 0.5) is 0 Å². The molecule has 1 N–H and O–H groups in total. The molecule has 0 spiro atoms. The number of sulfone groups is 1. The molecular formula is C10H14N2O6S3. The van der Waals surface area contributed by atoms with Gasteiger partial charge in [0.15, 0.2) is 19.7 Å².